The molecule has 0 spiro atoms. The molecule has 0 amide bonds. The van der Waals surface area contributed by atoms with Crippen molar-refractivity contribution < 1.29 is 0 Å². The summed E-state index contributed by atoms with van der Waals surface area (Å²) in [5.74, 6) is 2.18. The summed E-state index contributed by atoms with van der Waals surface area (Å²) >= 11 is 0. The van der Waals surface area contributed by atoms with Crippen molar-refractivity contribution in [2.75, 3.05) is 24.2 Å². The third kappa shape index (κ3) is 3.69. The lowest BCUT2D eigenvalue weighted by molar-refractivity contribution is 0.663. The number of aromatic amines is 1. The van der Waals surface area contributed by atoms with Gasteiger partial charge in [-0.25, -0.2) is 9.97 Å². The fourth-order valence-corrected chi connectivity index (χ4v) is 2.45. The summed E-state index contributed by atoms with van der Waals surface area (Å²) < 4.78 is 0. The highest BCUT2D eigenvalue weighted by Crippen LogP contribution is 2.22. The SMILES string of the molecule is CNc1cc(-c2n[nH]c(C(CCN)Nc3ccccc3)n2)ccn1. The lowest BCUT2D eigenvalue weighted by Gasteiger charge is -2.16. The molecule has 1 atom stereocenters. The number of pyridine rings is 1. The second-order valence-corrected chi connectivity index (χ2v) is 5.36. The average molecular weight is 323 g/mol. The Bertz CT molecular complexity index is 769. The van der Waals surface area contributed by atoms with Crippen LogP contribution in [0.1, 0.15) is 18.3 Å². The van der Waals surface area contributed by atoms with E-state index in [1.165, 1.54) is 0 Å². The molecule has 124 valence electrons. The Labute approximate surface area is 140 Å². The zero-order valence-electron chi connectivity index (χ0n) is 13.5. The zero-order chi connectivity index (χ0) is 16.8. The predicted molar refractivity (Wildman–Crippen MR) is 95.6 cm³/mol. The van der Waals surface area contributed by atoms with Crippen LogP contribution >= 0.6 is 0 Å². The van der Waals surface area contributed by atoms with Gasteiger partial charge in [-0.3, -0.25) is 5.10 Å². The Morgan fingerprint density at radius 3 is 2.79 bits per heavy atom. The average Bonchev–Trinajstić information content (AvgIpc) is 3.12. The summed E-state index contributed by atoms with van der Waals surface area (Å²) in [4.78, 5) is 8.84. The van der Waals surface area contributed by atoms with Crippen molar-refractivity contribution in [1.29, 1.82) is 0 Å². The van der Waals surface area contributed by atoms with Crippen LogP contribution in [-0.4, -0.2) is 33.8 Å². The van der Waals surface area contributed by atoms with Crippen LogP contribution in [0.25, 0.3) is 11.4 Å². The van der Waals surface area contributed by atoms with Crippen molar-refractivity contribution in [3.8, 4) is 11.4 Å². The molecule has 1 unspecified atom stereocenters. The topological polar surface area (TPSA) is 105 Å². The maximum absolute atomic E-state index is 5.76. The quantitative estimate of drug-likeness (QED) is 0.532. The molecule has 0 bridgehead atoms. The van der Waals surface area contributed by atoms with Gasteiger partial charge in [-0.05, 0) is 37.2 Å². The third-order valence-corrected chi connectivity index (χ3v) is 3.68. The summed E-state index contributed by atoms with van der Waals surface area (Å²) in [7, 11) is 1.83. The number of benzene rings is 1. The molecule has 0 aliphatic rings. The summed E-state index contributed by atoms with van der Waals surface area (Å²) in [5.41, 5.74) is 7.69. The van der Waals surface area contributed by atoms with Crippen molar-refractivity contribution >= 4 is 11.5 Å². The van der Waals surface area contributed by atoms with E-state index in [1.807, 2.05) is 49.5 Å². The van der Waals surface area contributed by atoms with Crippen LogP contribution in [-0.2, 0) is 0 Å². The van der Waals surface area contributed by atoms with Gasteiger partial charge in [0.25, 0.3) is 0 Å². The summed E-state index contributed by atoms with van der Waals surface area (Å²) in [5, 5.41) is 13.8. The van der Waals surface area contributed by atoms with Crippen molar-refractivity contribution in [2.24, 2.45) is 5.73 Å². The molecule has 3 aromatic rings. The fraction of sp³-hybridized carbons (Fsp3) is 0.235. The Balaban J connectivity index is 1.83. The molecule has 2 heterocycles. The first-order valence-corrected chi connectivity index (χ1v) is 7.88. The molecule has 24 heavy (non-hydrogen) atoms. The first-order valence-electron chi connectivity index (χ1n) is 7.88. The smallest absolute Gasteiger partial charge is 0.181 e. The van der Waals surface area contributed by atoms with E-state index in [0.29, 0.717) is 12.4 Å². The van der Waals surface area contributed by atoms with Gasteiger partial charge in [-0.15, -0.1) is 0 Å². The molecule has 0 saturated heterocycles. The molecule has 0 aliphatic heterocycles. The summed E-state index contributed by atoms with van der Waals surface area (Å²) in [6.45, 7) is 0.555. The van der Waals surface area contributed by atoms with Crippen LogP contribution in [0.15, 0.2) is 48.7 Å². The number of nitrogens with two attached hydrogens (primary N) is 1. The lowest BCUT2D eigenvalue weighted by Crippen LogP contribution is -2.16. The third-order valence-electron chi connectivity index (χ3n) is 3.68. The van der Waals surface area contributed by atoms with Crippen LogP contribution in [0.4, 0.5) is 11.5 Å². The van der Waals surface area contributed by atoms with Gasteiger partial charge in [-0.2, -0.15) is 5.10 Å². The van der Waals surface area contributed by atoms with Gasteiger partial charge in [-0.1, -0.05) is 18.2 Å². The Hall–Kier alpha value is -2.93. The van der Waals surface area contributed by atoms with Gasteiger partial charge >= 0.3 is 0 Å². The normalized spacial score (nSPS) is 11.9. The van der Waals surface area contributed by atoms with Gasteiger partial charge in [0.05, 0.1) is 6.04 Å². The Morgan fingerprint density at radius 1 is 1.21 bits per heavy atom. The largest absolute Gasteiger partial charge is 0.375 e. The molecule has 1 aromatic carbocycles. The monoisotopic (exact) mass is 323 g/mol. The van der Waals surface area contributed by atoms with Crippen LogP contribution in [0.2, 0.25) is 0 Å². The number of nitrogens with zero attached hydrogens (tertiary/aromatic N) is 3. The molecule has 3 rings (SSSR count). The van der Waals surface area contributed by atoms with Crippen molar-refractivity contribution in [1.82, 2.24) is 20.2 Å². The van der Waals surface area contributed by atoms with E-state index < -0.39 is 0 Å². The number of nitrogens with one attached hydrogen (secondary N) is 3. The second-order valence-electron chi connectivity index (χ2n) is 5.36. The van der Waals surface area contributed by atoms with E-state index in [-0.39, 0.29) is 6.04 Å². The second kappa shape index (κ2) is 7.56. The van der Waals surface area contributed by atoms with Crippen LogP contribution < -0.4 is 16.4 Å². The fourth-order valence-electron chi connectivity index (χ4n) is 2.45. The molecule has 0 fully saturated rings. The highest BCUT2D eigenvalue weighted by atomic mass is 15.2. The Morgan fingerprint density at radius 2 is 2.04 bits per heavy atom. The van der Waals surface area contributed by atoms with E-state index in [9.17, 15) is 0 Å². The molecule has 0 radical (unpaired) electrons. The first-order chi connectivity index (χ1) is 11.8. The Kier molecular flexibility index (Phi) is 5.02. The zero-order valence-corrected chi connectivity index (χ0v) is 13.5. The molecular formula is C17H21N7. The van der Waals surface area contributed by atoms with Crippen LogP contribution in [0.5, 0.6) is 0 Å². The van der Waals surface area contributed by atoms with Gasteiger partial charge in [0.2, 0.25) is 0 Å². The van der Waals surface area contributed by atoms with Gasteiger partial charge in [0.1, 0.15) is 11.6 Å². The number of aromatic nitrogens is 4. The van der Waals surface area contributed by atoms with E-state index >= 15 is 0 Å². The summed E-state index contributed by atoms with van der Waals surface area (Å²) in [6.07, 6.45) is 2.48. The lowest BCUT2D eigenvalue weighted by atomic mass is 10.1. The van der Waals surface area contributed by atoms with E-state index in [1.54, 1.807) is 6.20 Å². The standard InChI is InChI=1S/C17H21N7/c1-19-15-11-12(8-10-20-15)16-22-17(24-23-16)14(7-9-18)21-13-5-3-2-4-6-13/h2-6,8,10-11,14,21H,7,9,18H2,1H3,(H,19,20)(H,22,23,24). The van der Waals surface area contributed by atoms with Gasteiger partial charge in [0.15, 0.2) is 5.82 Å². The number of H-pyrrole nitrogens is 1. The predicted octanol–water partition coefficient (Wildman–Crippen LogP) is 2.41. The summed E-state index contributed by atoms with van der Waals surface area (Å²) in [6, 6.07) is 13.8. The van der Waals surface area contributed by atoms with Crippen LogP contribution in [0, 0.1) is 0 Å². The minimum atomic E-state index is -0.0238. The van der Waals surface area contributed by atoms with E-state index in [4.69, 9.17) is 5.73 Å². The van der Waals surface area contributed by atoms with E-state index in [2.05, 4.69) is 30.8 Å². The minimum absolute atomic E-state index is 0.0238. The van der Waals surface area contributed by atoms with Crippen molar-refractivity contribution in [3.63, 3.8) is 0 Å². The van der Waals surface area contributed by atoms with Gasteiger partial charge in [0, 0.05) is 24.5 Å². The van der Waals surface area contributed by atoms with Crippen molar-refractivity contribution in [3.05, 3.63) is 54.5 Å². The molecule has 7 nitrogen and oxygen atoms in total. The van der Waals surface area contributed by atoms with Crippen LogP contribution in [0.3, 0.4) is 0 Å². The molecule has 7 heteroatoms. The minimum Gasteiger partial charge on any atom is -0.375 e. The highest BCUT2D eigenvalue weighted by Gasteiger charge is 2.16. The highest BCUT2D eigenvalue weighted by molar-refractivity contribution is 5.59. The molecule has 0 saturated carbocycles. The maximum Gasteiger partial charge on any atom is 0.181 e. The molecule has 0 aliphatic carbocycles. The van der Waals surface area contributed by atoms with Gasteiger partial charge < -0.3 is 16.4 Å². The van der Waals surface area contributed by atoms with Crippen molar-refractivity contribution in [2.45, 2.75) is 12.5 Å². The number of hydrogen-bond acceptors (Lipinski definition) is 6. The number of hydrogen-bond donors (Lipinski definition) is 4. The molecular weight excluding hydrogens is 302 g/mol. The molecule has 5 N–H and O–H groups in total. The number of para-hydroxylation sites is 1. The maximum atomic E-state index is 5.76. The van der Waals surface area contributed by atoms with E-state index in [0.717, 1.165) is 29.3 Å². The number of anilines is 2. The number of rotatable bonds is 7. The first kappa shape index (κ1) is 15.9. The molecule has 2 aromatic heterocycles.